The van der Waals surface area contributed by atoms with E-state index >= 15 is 0 Å². The van der Waals surface area contributed by atoms with Crippen LogP contribution in [-0.4, -0.2) is 0 Å². The molecule has 0 saturated heterocycles. The van der Waals surface area contributed by atoms with Crippen molar-refractivity contribution < 1.29 is 4.39 Å². The molecule has 1 aromatic carbocycles. The molecule has 2 aliphatic rings. The predicted octanol–water partition coefficient (Wildman–Crippen LogP) is 6.42. The van der Waals surface area contributed by atoms with Gasteiger partial charge in [0.2, 0.25) is 0 Å². The summed E-state index contributed by atoms with van der Waals surface area (Å²) in [7, 11) is 0. The zero-order valence-electron chi connectivity index (χ0n) is 14.9. The third kappa shape index (κ3) is 4.00. The summed E-state index contributed by atoms with van der Waals surface area (Å²) in [4.78, 5) is 0. The smallest absolute Gasteiger partial charge is 0.141 e. The number of halogens is 1. The highest BCUT2D eigenvalue weighted by Gasteiger charge is 2.31. The zero-order valence-corrected chi connectivity index (χ0v) is 14.9. The Morgan fingerprint density at radius 3 is 2.29 bits per heavy atom. The van der Waals surface area contributed by atoms with Gasteiger partial charge in [-0.05, 0) is 74.0 Å². The Labute approximate surface area is 146 Å². The number of hydrogen-bond acceptors (Lipinski definition) is 1. The van der Waals surface area contributed by atoms with E-state index in [4.69, 9.17) is 5.26 Å². The summed E-state index contributed by atoms with van der Waals surface area (Å²) >= 11 is 0. The lowest BCUT2D eigenvalue weighted by atomic mass is 9.68. The fourth-order valence-corrected chi connectivity index (χ4v) is 4.93. The van der Waals surface area contributed by atoms with Gasteiger partial charge < -0.3 is 0 Å². The highest BCUT2D eigenvalue weighted by molar-refractivity contribution is 5.39. The SMILES string of the molecule is CCCC1CCC(C2CC[C](c3ccc(C#N)c(F)c3)CC2)CC1. The van der Waals surface area contributed by atoms with Crippen molar-refractivity contribution in [1.29, 1.82) is 5.26 Å². The third-order valence-corrected chi connectivity index (χ3v) is 6.39. The standard InChI is InChI=1S/C22H29FN/c1-2-3-16-4-6-17(7-5-16)18-8-10-19(11-9-18)20-12-13-21(15-24)22(23)14-20/h12-14,16-18H,2-11H2,1H3. The van der Waals surface area contributed by atoms with Gasteiger partial charge in [0.15, 0.2) is 0 Å². The van der Waals surface area contributed by atoms with Crippen LogP contribution in [0.2, 0.25) is 0 Å². The molecule has 0 atom stereocenters. The molecule has 0 aliphatic heterocycles. The summed E-state index contributed by atoms with van der Waals surface area (Å²) in [6.07, 6.45) is 13.2. The molecule has 1 radical (unpaired) electrons. The van der Waals surface area contributed by atoms with Crippen LogP contribution >= 0.6 is 0 Å². The van der Waals surface area contributed by atoms with Crippen LogP contribution in [-0.2, 0) is 0 Å². The van der Waals surface area contributed by atoms with E-state index in [0.717, 1.165) is 36.2 Å². The quantitative estimate of drug-likeness (QED) is 0.626. The third-order valence-electron chi connectivity index (χ3n) is 6.39. The van der Waals surface area contributed by atoms with Gasteiger partial charge in [0, 0.05) is 5.92 Å². The fourth-order valence-electron chi connectivity index (χ4n) is 4.93. The van der Waals surface area contributed by atoms with Gasteiger partial charge in [-0.15, -0.1) is 0 Å². The first-order chi connectivity index (χ1) is 11.7. The summed E-state index contributed by atoms with van der Waals surface area (Å²) in [6, 6.07) is 7.01. The van der Waals surface area contributed by atoms with Gasteiger partial charge in [0.25, 0.3) is 0 Å². The summed E-state index contributed by atoms with van der Waals surface area (Å²) in [5, 5.41) is 8.85. The molecule has 0 amide bonds. The summed E-state index contributed by atoms with van der Waals surface area (Å²) < 4.78 is 13.8. The molecule has 2 heteroatoms. The fraction of sp³-hybridized carbons (Fsp3) is 0.636. The van der Waals surface area contributed by atoms with Crippen molar-refractivity contribution in [1.82, 2.24) is 0 Å². The maximum Gasteiger partial charge on any atom is 0.141 e. The van der Waals surface area contributed by atoms with Gasteiger partial charge in [-0.3, -0.25) is 0 Å². The monoisotopic (exact) mass is 326 g/mol. The Bertz CT molecular complexity index is 572. The molecule has 129 valence electrons. The van der Waals surface area contributed by atoms with Gasteiger partial charge in [-0.1, -0.05) is 38.7 Å². The van der Waals surface area contributed by atoms with Gasteiger partial charge >= 0.3 is 0 Å². The molecule has 24 heavy (non-hydrogen) atoms. The molecular weight excluding hydrogens is 297 g/mol. The normalized spacial score (nSPS) is 26.2. The largest absolute Gasteiger partial charge is 0.206 e. The van der Waals surface area contributed by atoms with Crippen LogP contribution in [0.5, 0.6) is 0 Å². The topological polar surface area (TPSA) is 23.8 Å². The van der Waals surface area contributed by atoms with Crippen LogP contribution in [0.1, 0.15) is 82.3 Å². The number of benzene rings is 1. The summed E-state index contributed by atoms with van der Waals surface area (Å²) in [5.74, 6) is 3.80. The highest BCUT2D eigenvalue weighted by Crippen LogP contribution is 2.44. The lowest BCUT2D eigenvalue weighted by Crippen LogP contribution is -2.25. The van der Waals surface area contributed by atoms with E-state index in [9.17, 15) is 4.39 Å². The van der Waals surface area contributed by atoms with E-state index < -0.39 is 0 Å². The average Bonchev–Trinajstić information content (AvgIpc) is 2.63. The van der Waals surface area contributed by atoms with Crippen LogP contribution < -0.4 is 0 Å². The van der Waals surface area contributed by atoms with Crippen LogP contribution in [0.4, 0.5) is 4.39 Å². The van der Waals surface area contributed by atoms with E-state index in [2.05, 4.69) is 6.92 Å². The second kappa shape index (κ2) is 8.15. The van der Waals surface area contributed by atoms with Crippen molar-refractivity contribution in [3.63, 3.8) is 0 Å². The van der Waals surface area contributed by atoms with E-state index in [1.807, 2.05) is 12.1 Å². The number of hydrogen-bond donors (Lipinski definition) is 0. The number of nitrogens with zero attached hydrogens (tertiary/aromatic N) is 1. The van der Waals surface area contributed by atoms with Crippen molar-refractivity contribution in [2.24, 2.45) is 17.8 Å². The molecular formula is C22H29FN. The molecule has 0 bridgehead atoms. The Morgan fingerprint density at radius 1 is 1.04 bits per heavy atom. The van der Waals surface area contributed by atoms with Crippen LogP contribution in [0.3, 0.4) is 0 Å². The average molecular weight is 326 g/mol. The second-order valence-corrected chi connectivity index (χ2v) is 7.82. The Kier molecular flexibility index (Phi) is 5.93. The van der Waals surface area contributed by atoms with Crippen LogP contribution in [0, 0.1) is 40.8 Å². The van der Waals surface area contributed by atoms with Gasteiger partial charge in [0.1, 0.15) is 11.9 Å². The Morgan fingerprint density at radius 2 is 1.71 bits per heavy atom. The van der Waals surface area contributed by atoms with Gasteiger partial charge in [-0.25, -0.2) is 4.39 Å². The first-order valence-electron chi connectivity index (χ1n) is 9.76. The minimum atomic E-state index is -0.376. The Balaban J connectivity index is 1.51. The minimum absolute atomic E-state index is 0.150. The van der Waals surface area contributed by atoms with E-state index in [1.165, 1.54) is 57.3 Å². The molecule has 1 nitrogen and oxygen atoms in total. The molecule has 1 aromatic rings. The number of rotatable bonds is 4. The number of nitriles is 1. The molecule has 0 unspecified atom stereocenters. The van der Waals surface area contributed by atoms with Crippen LogP contribution in [0.25, 0.3) is 0 Å². The second-order valence-electron chi connectivity index (χ2n) is 7.82. The lowest BCUT2D eigenvalue weighted by molar-refractivity contribution is 0.169. The molecule has 0 N–H and O–H groups in total. The van der Waals surface area contributed by atoms with Crippen molar-refractivity contribution in [3.8, 4) is 6.07 Å². The van der Waals surface area contributed by atoms with E-state index in [1.54, 1.807) is 12.1 Å². The molecule has 3 rings (SSSR count). The first kappa shape index (κ1) is 17.5. The molecule has 2 fully saturated rings. The molecule has 0 aromatic heterocycles. The van der Waals surface area contributed by atoms with Crippen LogP contribution in [0.15, 0.2) is 18.2 Å². The van der Waals surface area contributed by atoms with Gasteiger partial charge in [0.05, 0.1) is 5.56 Å². The summed E-state index contributed by atoms with van der Waals surface area (Å²) in [6.45, 7) is 2.30. The molecule has 2 saturated carbocycles. The van der Waals surface area contributed by atoms with Crippen molar-refractivity contribution in [2.45, 2.75) is 71.1 Å². The minimum Gasteiger partial charge on any atom is -0.206 e. The Hall–Kier alpha value is -1.36. The van der Waals surface area contributed by atoms with E-state index in [0.29, 0.717) is 0 Å². The van der Waals surface area contributed by atoms with Crippen molar-refractivity contribution >= 4 is 0 Å². The molecule has 0 spiro atoms. The molecule has 0 heterocycles. The highest BCUT2D eigenvalue weighted by atomic mass is 19.1. The summed E-state index contributed by atoms with van der Waals surface area (Å²) in [5.41, 5.74) is 1.16. The maximum absolute atomic E-state index is 13.8. The van der Waals surface area contributed by atoms with Gasteiger partial charge in [-0.2, -0.15) is 5.26 Å². The first-order valence-corrected chi connectivity index (χ1v) is 9.76. The molecule has 2 aliphatic carbocycles. The zero-order chi connectivity index (χ0) is 16.9. The van der Waals surface area contributed by atoms with E-state index in [-0.39, 0.29) is 11.4 Å². The maximum atomic E-state index is 13.8. The predicted molar refractivity (Wildman–Crippen MR) is 95.8 cm³/mol. The lowest BCUT2D eigenvalue weighted by Gasteiger charge is -2.37. The van der Waals surface area contributed by atoms with Crippen molar-refractivity contribution in [2.75, 3.05) is 0 Å². The van der Waals surface area contributed by atoms with Crippen molar-refractivity contribution in [3.05, 3.63) is 41.1 Å².